The molecule has 0 aliphatic carbocycles. The summed E-state index contributed by atoms with van der Waals surface area (Å²) >= 11 is 3.12. The fourth-order valence-electron chi connectivity index (χ4n) is 4.61. The minimum atomic E-state index is -0.188. The average Bonchev–Trinajstić information content (AvgIpc) is 2.92. The fourth-order valence-corrected chi connectivity index (χ4v) is 6.25. The van der Waals surface area contributed by atoms with Crippen molar-refractivity contribution in [2.45, 2.75) is 22.4 Å². The van der Waals surface area contributed by atoms with Crippen molar-refractivity contribution >= 4 is 52.1 Å². The maximum absolute atomic E-state index is 12.9. The summed E-state index contributed by atoms with van der Waals surface area (Å²) in [5.41, 5.74) is 2.82. The number of aromatic nitrogens is 2. The number of carbonyl (C=O) groups is 2. The second-order valence-corrected chi connectivity index (χ2v) is 11.2. The Bertz CT molecular complexity index is 1310. The van der Waals surface area contributed by atoms with Crippen molar-refractivity contribution in [3.05, 3.63) is 48.2 Å². The minimum Gasteiger partial charge on any atom is -0.497 e. The van der Waals surface area contributed by atoms with E-state index < -0.39 is 0 Å². The van der Waals surface area contributed by atoms with Crippen LogP contribution in [0.1, 0.15) is 16.8 Å². The van der Waals surface area contributed by atoms with Gasteiger partial charge in [-0.3, -0.25) is 14.6 Å². The number of nitrogens with one attached hydrogen (secondary N) is 2. The normalized spacial score (nSPS) is 19.8. The second-order valence-electron chi connectivity index (χ2n) is 9.07. The molecule has 0 bridgehead atoms. The molecule has 1 saturated heterocycles. The zero-order valence-electron chi connectivity index (χ0n) is 20.5. The van der Waals surface area contributed by atoms with Crippen LogP contribution in [0.2, 0.25) is 0 Å². The van der Waals surface area contributed by atoms with Crippen LogP contribution in [0, 0.1) is 5.92 Å². The molecule has 0 spiro atoms. The van der Waals surface area contributed by atoms with Gasteiger partial charge in [0.25, 0.3) is 5.91 Å². The van der Waals surface area contributed by atoms with E-state index in [9.17, 15) is 14.7 Å². The van der Waals surface area contributed by atoms with Gasteiger partial charge in [-0.15, -0.1) is 23.5 Å². The van der Waals surface area contributed by atoms with Crippen LogP contribution in [-0.4, -0.2) is 82.7 Å². The Morgan fingerprint density at radius 1 is 1.30 bits per heavy atom. The number of amides is 2. The number of hydrogen-bond acceptors (Lipinski definition) is 9. The van der Waals surface area contributed by atoms with E-state index in [1.807, 2.05) is 24.3 Å². The smallest absolute Gasteiger partial charge is 0.251 e. The zero-order valence-corrected chi connectivity index (χ0v) is 22.1. The Labute approximate surface area is 223 Å². The highest BCUT2D eigenvalue weighted by molar-refractivity contribution is 8.00. The average molecular weight is 540 g/mol. The number of anilines is 1. The van der Waals surface area contributed by atoms with Crippen LogP contribution in [0.4, 0.5) is 5.69 Å². The minimum absolute atomic E-state index is 0.00343. The van der Waals surface area contributed by atoms with Crippen LogP contribution in [-0.2, 0) is 4.79 Å². The highest BCUT2D eigenvalue weighted by atomic mass is 32.2. The largest absolute Gasteiger partial charge is 0.497 e. The third kappa shape index (κ3) is 6.18. The number of nitrogens with zero attached hydrogens (tertiary/aromatic N) is 3. The molecule has 2 amide bonds. The Morgan fingerprint density at radius 3 is 3.03 bits per heavy atom. The number of aliphatic hydroxyl groups is 1. The van der Waals surface area contributed by atoms with Gasteiger partial charge in [0.05, 0.1) is 35.8 Å². The van der Waals surface area contributed by atoms with Gasteiger partial charge in [0.15, 0.2) is 0 Å². The van der Waals surface area contributed by atoms with Gasteiger partial charge in [0.2, 0.25) is 5.91 Å². The Balaban J connectivity index is 1.13. The molecular formula is C26H29N5O4S2. The number of thioether (sulfide) groups is 2. The molecule has 0 saturated carbocycles. The molecule has 194 valence electrons. The molecule has 5 rings (SSSR count). The first-order chi connectivity index (χ1) is 18.0. The van der Waals surface area contributed by atoms with Crippen LogP contribution in [0.5, 0.6) is 5.75 Å². The van der Waals surface area contributed by atoms with Crippen LogP contribution >= 0.6 is 23.5 Å². The molecule has 37 heavy (non-hydrogen) atoms. The number of ether oxygens (including phenoxy) is 1. The summed E-state index contributed by atoms with van der Waals surface area (Å²) in [6, 6.07) is 10.9. The SMILES string of the molecule is COc1ccc2ncc(SCCN3CC[C@@H](NC(=O)c4ccc5c(c4)NC(=O)CS5)[C@H](CO)C3)nc2c1. The molecule has 2 atom stereocenters. The molecule has 3 heterocycles. The lowest BCUT2D eigenvalue weighted by Crippen LogP contribution is -2.52. The zero-order chi connectivity index (χ0) is 25.8. The fraction of sp³-hybridized carbons (Fsp3) is 0.385. The van der Waals surface area contributed by atoms with Gasteiger partial charge < -0.3 is 25.4 Å². The topological polar surface area (TPSA) is 117 Å². The summed E-state index contributed by atoms with van der Waals surface area (Å²) in [4.78, 5) is 37.1. The van der Waals surface area contributed by atoms with Crippen molar-refractivity contribution in [1.82, 2.24) is 20.2 Å². The molecule has 0 radical (unpaired) electrons. The number of rotatable bonds is 8. The second kappa shape index (κ2) is 11.7. The lowest BCUT2D eigenvalue weighted by atomic mass is 9.92. The molecule has 3 aromatic rings. The standard InChI is InChI=1S/C26H29N5O4S2/c1-35-18-3-4-20-21(11-18)29-25(12-27-20)36-9-8-31-7-6-19(17(13-31)14-32)30-26(34)16-2-5-23-22(10-16)28-24(33)15-37-23/h2-5,10-12,17,19,32H,6-9,13-15H2,1H3,(H,28,33)(H,30,34)/t17-,19+/m0/s1. The summed E-state index contributed by atoms with van der Waals surface area (Å²) in [7, 11) is 1.63. The van der Waals surface area contributed by atoms with Crippen molar-refractivity contribution in [3.63, 3.8) is 0 Å². The molecule has 11 heteroatoms. The summed E-state index contributed by atoms with van der Waals surface area (Å²) in [6.07, 6.45) is 2.55. The van der Waals surface area contributed by atoms with Gasteiger partial charge in [0.1, 0.15) is 10.8 Å². The Hall–Kier alpha value is -2.86. The van der Waals surface area contributed by atoms with Crippen molar-refractivity contribution in [2.24, 2.45) is 5.92 Å². The van der Waals surface area contributed by atoms with Crippen molar-refractivity contribution < 1.29 is 19.4 Å². The third-order valence-electron chi connectivity index (χ3n) is 6.63. The maximum atomic E-state index is 12.9. The summed E-state index contributed by atoms with van der Waals surface area (Å²) in [5, 5.41) is 16.8. The Morgan fingerprint density at radius 2 is 2.19 bits per heavy atom. The van der Waals surface area contributed by atoms with Gasteiger partial charge in [-0.05, 0) is 36.8 Å². The van der Waals surface area contributed by atoms with Gasteiger partial charge in [0, 0.05) is 60.5 Å². The predicted molar refractivity (Wildman–Crippen MR) is 145 cm³/mol. The van der Waals surface area contributed by atoms with E-state index in [0.29, 0.717) is 23.5 Å². The highest BCUT2D eigenvalue weighted by Crippen LogP contribution is 2.32. The molecular weight excluding hydrogens is 510 g/mol. The van der Waals surface area contributed by atoms with Crippen LogP contribution < -0.4 is 15.4 Å². The van der Waals surface area contributed by atoms with E-state index in [0.717, 1.165) is 52.0 Å². The van der Waals surface area contributed by atoms with Crippen LogP contribution in [0.3, 0.4) is 0 Å². The molecule has 2 aliphatic heterocycles. The van der Waals surface area contributed by atoms with E-state index in [1.165, 1.54) is 11.8 Å². The monoisotopic (exact) mass is 539 g/mol. The number of piperidine rings is 1. The lowest BCUT2D eigenvalue weighted by molar-refractivity contribution is -0.113. The van der Waals surface area contributed by atoms with Gasteiger partial charge in [-0.25, -0.2) is 4.98 Å². The molecule has 1 fully saturated rings. The lowest BCUT2D eigenvalue weighted by Gasteiger charge is -2.38. The predicted octanol–water partition coefficient (Wildman–Crippen LogP) is 2.89. The van der Waals surface area contributed by atoms with Gasteiger partial charge in [-0.1, -0.05) is 0 Å². The third-order valence-corrected chi connectivity index (χ3v) is 8.58. The van der Waals surface area contributed by atoms with Crippen molar-refractivity contribution in [2.75, 3.05) is 50.2 Å². The molecule has 1 aromatic heterocycles. The number of aliphatic hydroxyl groups excluding tert-OH is 1. The number of likely N-dealkylation sites (tertiary alicyclic amines) is 1. The summed E-state index contributed by atoms with van der Waals surface area (Å²) in [5.74, 6) is 1.69. The molecule has 2 aliphatic rings. The Kier molecular flexibility index (Phi) is 8.14. The number of hydrogen-bond donors (Lipinski definition) is 3. The molecule has 0 unspecified atom stereocenters. The number of benzene rings is 2. The molecule has 2 aromatic carbocycles. The van der Waals surface area contributed by atoms with E-state index >= 15 is 0 Å². The van der Waals surface area contributed by atoms with Crippen LogP contribution in [0.25, 0.3) is 11.0 Å². The van der Waals surface area contributed by atoms with Crippen molar-refractivity contribution in [1.29, 1.82) is 0 Å². The maximum Gasteiger partial charge on any atom is 0.251 e. The number of carbonyl (C=O) groups excluding carboxylic acids is 2. The van der Waals surface area contributed by atoms with E-state index in [1.54, 1.807) is 37.2 Å². The highest BCUT2D eigenvalue weighted by Gasteiger charge is 2.30. The quantitative estimate of drug-likeness (QED) is 0.372. The van der Waals surface area contributed by atoms with Crippen molar-refractivity contribution in [3.8, 4) is 5.75 Å². The number of methoxy groups -OCH3 is 1. The van der Waals surface area contributed by atoms with E-state index in [-0.39, 0.29) is 30.4 Å². The van der Waals surface area contributed by atoms with Gasteiger partial charge in [-0.2, -0.15) is 0 Å². The number of fused-ring (bicyclic) bond motifs is 2. The molecule has 9 nitrogen and oxygen atoms in total. The van der Waals surface area contributed by atoms with E-state index in [4.69, 9.17) is 9.72 Å². The van der Waals surface area contributed by atoms with E-state index in [2.05, 4.69) is 20.5 Å². The van der Waals surface area contributed by atoms with Crippen LogP contribution in [0.15, 0.2) is 52.5 Å². The first kappa shape index (κ1) is 25.8. The van der Waals surface area contributed by atoms with Gasteiger partial charge >= 0.3 is 0 Å². The summed E-state index contributed by atoms with van der Waals surface area (Å²) < 4.78 is 5.28. The first-order valence-corrected chi connectivity index (χ1v) is 14.1. The first-order valence-electron chi connectivity index (χ1n) is 12.2. The summed E-state index contributed by atoms with van der Waals surface area (Å²) in [6.45, 7) is 2.39. The molecule has 3 N–H and O–H groups in total.